The summed E-state index contributed by atoms with van der Waals surface area (Å²) in [5.41, 5.74) is 4.40. The third-order valence-corrected chi connectivity index (χ3v) is 6.64. The summed E-state index contributed by atoms with van der Waals surface area (Å²) in [6.07, 6.45) is 4.16. The van der Waals surface area contributed by atoms with E-state index in [2.05, 4.69) is 53.6 Å². The van der Waals surface area contributed by atoms with Crippen molar-refractivity contribution in [3.63, 3.8) is 0 Å². The number of likely N-dealkylation sites (N-methyl/N-ethyl adjacent to an activating group) is 1. The van der Waals surface area contributed by atoms with Gasteiger partial charge in [0.1, 0.15) is 0 Å². The van der Waals surface area contributed by atoms with E-state index in [1.54, 1.807) is 9.58 Å². The largest absolute Gasteiger partial charge is 0.502 e. The van der Waals surface area contributed by atoms with Crippen molar-refractivity contribution in [2.75, 3.05) is 13.1 Å². The molecule has 1 aliphatic heterocycles. The van der Waals surface area contributed by atoms with Gasteiger partial charge in [-0.05, 0) is 48.4 Å². The van der Waals surface area contributed by atoms with Gasteiger partial charge < -0.3 is 10.0 Å². The number of aryl methyl sites for hydroxylation is 2. The summed E-state index contributed by atoms with van der Waals surface area (Å²) in [5.74, 6) is -0.924. The standard InChI is InChI=1S/C25H25N3O3/c1-2-27-15-20(28-23(25(27)31)24(30)21(29)14-26-28)22-18-12-5-3-8-16(18)10-7-11-17-9-4-6-13-19(17)22/h3-6,8-9,12-14,20,22,30H,2,7,10-11,15H2,1H3. The van der Waals surface area contributed by atoms with Gasteiger partial charge in [0, 0.05) is 19.0 Å². The van der Waals surface area contributed by atoms with Crippen molar-refractivity contribution in [2.24, 2.45) is 0 Å². The molecule has 3 aromatic rings. The second-order valence-corrected chi connectivity index (χ2v) is 8.29. The number of hydrogen-bond acceptors (Lipinski definition) is 4. The molecule has 5 rings (SSSR count). The van der Waals surface area contributed by atoms with Crippen molar-refractivity contribution in [2.45, 2.75) is 38.1 Å². The molecule has 0 fully saturated rings. The van der Waals surface area contributed by atoms with Gasteiger partial charge in [0.05, 0.1) is 12.2 Å². The van der Waals surface area contributed by atoms with Crippen molar-refractivity contribution in [3.8, 4) is 5.75 Å². The van der Waals surface area contributed by atoms with Crippen molar-refractivity contribution in [3.05, 3.63) is 92.9 Å². The molecule has 6 heteroatoms. The molecule has 0 spiro atoms. The third kappa shape index (κ3) is 3.14. The molecule has 0 saturated heterocycles. The highest BCUT2D eigenvalue weighted by Crippen LogP contribution is 2.43. The number of aromatic nitrogens is 2. The maximum Gasteiger partial charge on any atom is 0.276 e. The lowest BCUT2D eigenvalue weighted by Crippen LogP contribution is -2.47. The first kappa shape index (κ1) is 19.5. The number of aromatic hydroxyl groups is 1. The normalized spacial score (nSPS) is 18.5. The average Bonchev–Trinajstić information content (AvgIpc) is 2.78. The van der Waals surface area contributed by atoms with Gasteiger partial charge in [-0.1, -0.05) is 48.5 Å². The van der Waals surface area contributed by atoms with Gasteiger partial charge in [-0.15, -0.1) is 0 Å². The number of rotatable bonds is 2. The number of fused-ring (bicyclic) bond motifs is 3. The summed E-state index contributed by atoms with van der Waals surface area (Å²) in [4.78, 5) is 26.8. The summed E-state index contributed by atoms with van der Waals surface area (Å²) in [7, 11) is 0. The number of hydrogen-bond donors (Lipinski definition) is 1. The molecule has 0 bridgehead atoms. The van der Waals surface area contributed by atoms with E-state index in [9.17, 15) is 14.7 Å². The molecule has 1 amide bonds. The van der Waals surface area contributed by atoms with Crippen molar-refractivity contribution >= 4 is 5.91 Å². The Labute approximate surface area is 180 Å². The first-order chi connectivity index (χ1) is 15.1. The van der Waals surface area contributed by atoms with Crippen LogP contribution in [0.4, 0.5) is 0 Å². The summed E-state index contributed by atoms with van der Waals surface area (Å²) in [5, 5.41) is 14.9. The van der Waals surface area contributed by atoms with E-state index in [0.717, 1.165) is 25.5 Å². The Morgan fingerprint density at radius 1 is 1.00 bits per heavy atom. The Balaban J connectivity index is 1.79. The van der Waals surface area contributed by atoms with E-state index < -0.39 is 11.2 Å². The summed E-state index contributed by atoms with van der Waals surface area (Å²) in [6.45, 7) is 2.87. The van der Waals surface area contributed by atoms with Gasteiger partial charge in [-0.25, -0.2) is 0 Å². The highest BCUT2D eigenvalue weighted by molar-refractivity contribution is 5.95. The SMILES string of the molecule is CCN1CC(C2c3ccccc3CCCc3ccccc32)n2ncc(=O)c(O)c2C1=O. The third-order valence-electron chi connectivity index (χ3n) is 6.64. The zero-order valence-electron chi connectivity index (χ0n) is 17.5. The molecule has 6 nitrogen and oxygen atoms in total. The molecule has 0 radical (unpaired) electrons. The quantitative estimate of drug-likeness (QED) is 0.697. The monoisotopic (exact) mass is 415 g/mol. The fourth-order valence-electron chi connectivity index (χ4n) is 5.15. The molecule has 1 unspecified atom stereocenters. The maximum absolute atomic E-state index is 13.0. The molecular formula is C25H25N3O3. The van der Waals surface area contributed by atoms with Gasteiger partial charge in [0.2, 0.25) is 5.43 Å². The van der Waals surface area contributed by atoms with Gasteiger partial charge in [-0.2, -0.15) is 5.10 Å². The fraction of sp³-hybridized carbons (Fsp3) is 0.320. The van der Waals surface area contributed by atoms with Crippen molar-refractivity contribution < 1.29 is 9.90 Å². The van der Waals surface area contributed by atoms with E-state index in [4.69, 9.17) is 0 Å². The minimum absolute atomic E-state index is 0.0115. The van der Waals surface area contributed by atoms with Gasteiger partial charge >= 0.3 is 0 Å². The first-order valence-corrected chi connectivity index (χ1v) is 10.9. The van der Waals surface area contributed by atoms with E-state index in [1.807, 2.05) is 6.92 Å². The van der Waals surface area contributed by atoms with Crippen LogP contribution in [0, 0.1) is 0 Å². The van der Waals surface area contributed by atoms with E-state index in [-0.39, 0.29) is 23.6 Å². The van der Waals surface area contributed by atoms with Crippen LogP contribution in [0.5, 0.6) is 5.75 Å². The van der Waals surface area contributed by atoms with Crippen LogP contribution in [-0.4, -0.2) is 38.8 Å². The number of benzene rings is 2. The van der Waals surface area contributed by atoms with E-state index >= 15 is 0 Å². The van der Waals surface area contributed by atoms with Crippen LogP contribution in [0.25, 0.3) is 0 Å². The molecule has 1 aliphatic carbocycles. The topological polar surface area (TPSA) is 75.4 Å². The fourth-order valence-corrected chi connectivity index (χ4v) is 5.15. The maximum atomic E-state index is 13.0. The lowest BCUT2D eigenvalue weighted by Gasteiger charge is -2.40. The minimum Gasteiger partial charge on any atom is -0.502 e. The zero-order chi connectivity index (χ0) is 21.5. The summed E-state index contributed by atoms with van der Waals surface area (Å²) >= 11 is 0. The summed E-state index contributed by atoms with van der Waals surface area (Å²) in [6, 6.07) is 16.7. The van der Waals surface area contributed by atoms with E-state index in [0.29, 0.717) is 13.1 Å². The molecule has 2 aromatic carbocycles. The van der Waals surface area contributed by atoms with Gasteiger partial charge in [0.25, 0.3) is 5.91 Å². The molecule has 1 N–H and O–H groups in total. The Hall–Kier alpha value is -3.41. The second-order valence-electron chi connectivity index (χ2n) is 8.29. The Bertz CT molecular complexity index is 1170. The highest BCUT2D eigenvalue weighted by atomic mass is 16.3. The number of carbonyl (C=O) groups is 1. The lowest BCUT2D eigenvalue weighted by molar-refractivity contribution is 0.0645. The molecule has 2 aliphatic rings. The van der Waals surface area contributed by atoms with Crippen LogP contribution in [-0.2, 0) is 12.8 Å². The average molecular weight is 415 g/mol. The number of amides is 1. The van der Waals surface area contributed by atoms with Crippen LogP contribution in [0.1, 0.15) is 58.0 Å². The predicted molar refractivity (Wildman–Crippen MR) is 118 cm³/mol. The van der Waals surface area contributed by atoms with Crippen LogP contribution in [0.2, 0.25) is 0 Å². The Kier molecular flexibility index (Phi) is 4.85. The highest BCUT2D eigenvalue weighted by Gasteiger charge is 2.40. The lowest BCUT2D eigenvalue weighted by atomic mass is 9.76. The minimum atomic E-state index is -0.630. The van der Waals surface area contributed by atoms with Gasteiger partial charge in [0.15, 0.2) is 11.4 Å². The predicted octanol–water partition coefficient (Wildman–Crippen LogP) is 3.29. The zero-order valence-corrected chi connectivity index (χ0v) is 17.5. The van der Waals surface area contributed by atoms with Gasteiger partial charge in [-0.3, -0.25) is 14.3 Å². The summed E-state index contributed by atoms with van der Waals surface area (Å²) < 4.78 is 1.59. The smallest absolute Gasteiger partial charge is 0.276 e. The molecule has 1 aromatic heterocycles. The van der Waals surface area contributed by atoms with Crippen LogP contribution in [0.3, 0.4) is 0 Å². The molecule has 0 saturated carbocycles. The number of carbonyl (C=O) groups excluding carboxylic acids is 1. The van der Waals surface area contributed by atoms with Crippen molar-refractivity contribution in [1.82, 2.24) is 14.7 Å². The van der Waals surface area contributed by atoms with Crippen LogP contribution < -0.4 is 5.43 Å². The first-order valence-electron chi connectivity index (χ1n) is 10.9. The molecular weight excluding hydrogens is 390 g/mol. The molecule has 31 heavy (non-hydrogen) atoms. The molecule has 158 valence electrons. The van der Waals surface area contributed by atoms with Crippen LogP contribution in [0.15, 0.2) is 59.5 Å². The van der Waals surface area contributed by atoms with Crippen molar-refractivity contribution in [1.29, 1.82) is 0 Å². The Morgan fingerprint density at radius 2 is 1.61 bits per heavy atom. The molecule has 1 atom stereocenters. The van der Waals surface area contributed by atoms with E-state index in [1.165, 1.54) is 22.3 Å². The number of nitrogens with zero attached hydrogens (tertiary/aromatic N) is 3. The second kappa shape index (κ2) is 7.69. The Morgan fingerprint density at radius 3 is 2.23 bits per heavy atom. The molecule has 2 heterocycles. The van der Waals surface area contributed by atoms with Crippen LogP contribution >= 0.6 is 0 Å².